The molecule has 0 unspecified atom stereocenters. The highest BCUT2D eigenvalue weighted by Crippen LogP contribution is 2.34. The number of hydrogen-bond acceptors (Lipinski definition) is 4. The van der Waals surface area contributed by atoms with E-state index in [1.165, 1.54) is 12.8 Å². The first-order valence-corrected chi connectivity index (χ1v) is 6.93. The fraction of sp³-hybridized carbons (Fsp3) is 1.00. The predicted molar refractivity (Wildman–Crippen MR) is 63.7 cm³/mol. The van der Waals surface area contributed by atoms with E-state index >= 15 is 0 Å². The van der Waals surface area contributed by atoms with Gasteiger partial charge in [0.25, 0.3) is 0 Å². The minimum Gasteiger partial charge on any atom is -0.389 e. The van der Waals surface area contributed by atoms with Crippen LogP contribution in [0.15, 0.2) is 0 Å². The molecule has 0 aromatic rings. The van der Waals surface area contributed by atoms with Crippen molar-refractivity contribution in [1.82, 2.24) is 4.90 Å². The second-order valence-electron chi connectivity index (χ2n) is 5.85. The van der Waals surface area contributed by atoms with E-state index < -0.39 is 5.60 Å². The Morgan fingerprint density at radius 3 is 2.41 bits per heavy atom. The summed E-state index contributed by atoms with van der Waals surface area (Å²) in [5, 5.41) is 10.5. The van der Waals surface area contributed by atoms with Gasteiger partial charge in [-0.3, -0.25) is 4.90 Å². The SMILES string of the molecule is OC1(CN2CCCC3(C2)OCCO3)CCCC1. The smallest absolute Gasteiger partial charge is 0.181 e. The third-order valence-corrected chi connectivity index (χ3v) is 4.36. The van der Waals surface area contributed by atoms with Gasteiger partial charge < -0.3 is 14.6 Å². The van der Waals surface area contributed by atoms with Crippen molar-refractivity contribution in [2.45, 2.75) is 49.9 Å². The molecule has 3 fully saturated rings. The lowest BCUT2D eigenvalue weighted by atomic mass is 9.98. The molecule has 3 aliphatic rings. The van der Waals surface area contributed by atoms with Crippen molar-refractivity contribution in [1.29, 1.82) is 0 Å². The zero-order chi connectivity index (χ0) is 11.8. The molecule has 0 atom stereocenters. The van der Waals surface area contributed by atoms with Gasteiger partial charge in [-0.1, -0.05) is 12.8 Å². The third-order valence-electron chi connectivity index (χ3n) is 4.36. The van der Waals surface area contributed by atoms with Crippen molar-refractivity contribution in [3.8, 4) is 0 Å². The molecule has 0 bridgehead atoms. The van der Waals surface area contributed by atoms with Crippen LogP contribution in [-0.4, -0.2) is 54.2 Å². The highest BCUT2D eigenvalue weighted by Gasteiger charge is 2.43. The normalized spacial score (nSPS) is 32.3. The predicted octanol–water partition coefficient (Wildman–Crippen LogP) is 1.13. The maximum atomic E-state index is 10.5. The molecule has 4 nitrogen and oxygen atoms in total. The van der Waals surface area contributed by atoms with Gasteiger partial charge in [0.15, 0.2) is 5.79 Å². The summed E-state index contributed by atoms with van der Waals surface area (Å²) < 4.78 is 11.5. The minimum absolute atomic E-state index is 0.354. The van der Waals surface area contributed by atoms with Crippen molar-refractivity contribution in [3.05, 3.63) is 0 Å². The van der Waals surface area contributed by atoms with E-state index in [2.05, 4.69) is 4.90 Å². The van der Waals surface area contributed by atoms with Crippen LogP contribution in [0.3, 0.4) is 0 Å². The van der Waals surface area contributed by atoms with Gasteiger partial charge in [-0.25, -0.2) is 0 Å². The molecule has 1 saturated carbocycles. The molecule has 1 spiro atoms. The summed E-state index contributed by atoms with van der Waals surface area (Å²) in [5.41, 5.74) is -0.447. The largest absolute Gasteiger partial charge is 0.389 e. The van der Waals surface area contributed by atoms with Gasteiger partial charge >= 0.3 is 0 Å². The molecular formula is C13H23NO3. The Morgan fingerprint density at radius 1 is 1.00 bits per heavy atom. The van der Waals surface area contributed by atoms with Gasteiger partial charge in [-0.2, -0.15) is 0 Å². The van der Waals surface area contributed by atoms with Crippen LogP contribution in [0.1, 0.15) is 38.5 Å². The Balaban J connectivity index is 1.60. The number of likely N-dealkylation sites (tertiary alicyclic amines) is 1. The first-order chi connectivity index (χ1) is 8.20. The molecule has 0 aromatic carbocycles. The Morgan fingerprint density at radius 2 is 1.71 bits per heavy atom. The highest BCUT2D eigenvalue weighted by atomic mass is 16.7. The van der Waals surface area contributed by atoms with Crippen molar-refractivity contribution < 1.29 is 14.6 Å². The van der Waals surface area contributed by atoms with Crippen LogP contribution >= 0.6 is 0 Å². The fourth-order valence-electron chi connectivity index (χ4n) is 3.55. The van der Waals surface area contributed by atoms with Crippen LogP contribution < -0.4 is 0 Å². The molecule has 17 heavy (non-hydrogen) atoms. The number of β-amino-alcohol motifs (C(OH)–C–C–N with tert-alkyl or cyclic N) is 1. The monoisotopic (exact) mass is 241 g/mol. The van der Waals surface area contributed by atoms with Crippen LogP contribution in [-0.2, 0) is 9.47 Å². The van der Waals surface area contributed by atoms with Gasteiger partial charge in [-0.05, 0) is 25.8 Å². The first kappa shape index (κ1) is 11.9. The first-order valence-electron chi connectivity index (χ1n) is 6.93. The van der Waals surface area contributed by atoms with Crippen molar-refractivity contribution >= 4 is 0 Å². The average molecular weight is 241 g/mol. The summed E-state index contributed by atoms with van der Waals surface area (Å²) in [6.07, 6.45) is 6.36. The minimum atomic E-state index is -0.447. The van der Waals surface area contributed by atoms with Gasteiger partial charge in [-0.15, -0.1) is 0 Å². The van der Waals surface area contributed by atoms with Crippen LogP contribution in [0.25, 0.3) is 0 Å². The number of aliphatic hydroxyl groups is 1. The lowest BCUT2D eigenvalue weighted by molar-refractivity contribution is -0.194. The fourth-order valence-corrected chi connectivity index (χ4v) is 3.55. The van der Waals surface area contributed by atoms with Gasteiger partial charge in [0.05, 0.1) is 25.4 Å². The number of nitrogens with zero attached hydrogens (tertiary/aromatic N) is 1. The van der Waals surface area contributed by atoms with Crippen molar-refractivity contribution in [2.75, 3.05) is 32.8 Å². The molecule has 1 aliphatic carbocycles. The van der Waals surface area contributed by atoms with E-state index in [0.717, 1.165) is 58.5 Å². The molecule has 2 saturated heterocycles. The molecular weight excluding hydrogens is 218 g/mol. The average Bonchev–Trinajstić information content (AvgIpc) is 2.89. The number of rotatable bonds is 2. The summed E-state index contributed by atoms with van der Waals surface area (Å²) in [5.74, 6) is -0.354. The number of ether oxygens (including phenoxy) is 2. The lowest BCUT2D eigenvalue weighted by Gasteiger charge is -2.41. The second-order valence-corrected chi connectivity index (χ2v) is 5.85. The summed E-state index contributed by atoms with van der Waals surface area (Å²) in [7, 11) is 0. The van der Waals surface area contributed by atoms with Gasteiger partial charge in [0.1, 0.15) is 0 Å². The number of hydrogen-bond donors (Lipinski definition) is 1. The summed E-state index contributed by atoms with van der Waals surface area (Å²) in [6, 6.07) is 0. The molecule has 0 radical (unpaired) electrons. The molecule has 4 heteroatoms. The van der Waals surface area contributed by atoms with E-state index in [0.29, 0.717) is 0 Å². The van der Waals surface area contributed by atoms with Crippen LogP contribution in [0.5, 0.6) is 0 Å². The van der Waals surface area contributed by atoms with E-state index in [1.54, 1.807) is 0 Å². The molecule has 2 aliphatic heterocycles. The van der Waals surface area contributed by atoms with Crippen LogP contribution in [0, 0.1) is 0 Å². The molecule has 0 aromatic heterocycles. The summed E-state index contributed by atoms with van der Waals surface area (Å²) in [6.45, 7) is 4.13. The van der Waals surface area contributed by atoms with Crippen molar-refractivity contribution in [3.63, 3.8) is 0 Å². The standard InChI is InChI=1S/C13H23NO3/c15-12(4-1-2-5-12)10-14-7-3-6-13(11-14)16-8-9-17-13/h15H,1-11H2. The number of piperidine rings is 1. The third kappa shape index (κ3) is 2.50. The topological polar surface area (TPSA) is 41.9 Å². The van der Waals surface area contributed by atoms with Crippen molar-refractivity contribution in [2.24, 2.45) is 0 Å². The summed E-state index contributed by atoms with van der Waals surface area (Å²) >= 11 is 0. The van der Waals surface area contributed by atoms with Crippen LogP contribution in [0.2, 0.25) is 0 Å². The second kappa shape index (κ2) is 4.50. The highest BCUT2D eigenvalue weighted by molar-refractivity contribution is 4.91. The zero-order valence-electron chi connectivity index (χ0n) is 10.5. The van der Waals surface area contributed by atoms with Crippen LogP contribution in [0.4, 0.5) is 0 Å². The Bertz CT molecular complexity index is 268. The molecule has 98 valence electrons. The van der Waals surface area contributed by atoms with Gasteiger partial charge in [0.2, 0.25) is 0 Å². The maximum Gasteiger partial charge on any atom is 0.181 e. The Hall–Kier alpha value is -0.160. The Labute approximate surface area is 103 Å². The molecule has 3 rings (SSSR count). The lowest BCUT2D eigenvalue weighted by Crippen LogP contribution is -2.53. The molecule has 2 heterocycles. The summed E-state index contributed by atoms with van der Waals surface area (Å²) in [4.78, 5) is 2.33. The Kier molecular flexibility index (Phi) is 3.15. The maximum absolute atomic E-state index is 10.5. The molecule has 0 amide bonds. The molecule has 1 N–H and O–H groups in total. The zero-order valence-corrected chi connectivity index (χ0v) is 10.5. The van der Waals surface area contributed by atoms with E-state index in [9.17, 15) is 5.11 Å². The quantitative estimate of drug-likeness (QED) is 0.787. The van der Waals surface area contributed by atoms with E-state index in [1.807, 2.05) is 0 Å². The van der Waals surface area contributed by atoms with Gasteiger partial charge in [0, 0.05) is 13.0 Å². The van der Waals surface area contributed by atoms with E-state index in [-0.39, 0.29) is 5.79 Å². The van der Waals surface area contributed by atoms with E-state index in [4.69, 9.17) is 9.47 Å².